The fourth-order valence-electron chi connectivity index (χ4n) is 3.13. The van der Waals surface area contributed by atoms with Crippen molar-refractivity contribution >= 4 is 5.69 Å². The molecular formula is C19H34N2. The third-order valence-corrected chi connectivity index (χ3v) is 4.54. The molecule has 120 valence electrons. The number of aryl methyl sites for hydroxylation is 1. The van der Waals surface area contributed by atoms with E-state index in [0.29, 0.717) is 6.54 Å². The minimum atomic E-state index is 0.0642. The lowest BCUT2D eigenvalue weighted by Gasteiger charge is -2.42. The first kappa shape index (κ1) is 18.0. The summed E-state index contributed by atoms with van der Waals surface area (Å²) in [6, 6.07) is 8.78. The molecule has 0 aromatic heterocycles. The molecule has 2 heteroatoms. The van der Waals surface area contributed by atoms with E-state index in [1.165, 1.54) is 49.8 Å². The Morgan fingerprint density at radius 1 is 1.10 bits per heavy atom. The normalized spacial score (nSPS) is 14.0. The van der Waals surface area contributed by atoms with Gasteiger partial charge >= 0.3 is 0 Å². The van der Waals surface area contributed by atoms with Gasteiger partial charge in [0.15, 0.2) is 0 Å². The van der Waals surface area contributed by atoms with Gasteiger partial charge in [-0.15, -0.1) is 0 Å². The van der Waals surface area contributed by atoms with Gasteiger partial charge in [0, 0.05) is 24.3 Å². The molecule has 0 radical (unpaired) electrons. The Kier molecular flexibility index (Phi) is 7.81. The molecule has 0 amide bonds. The van der Waals surface area contributed by atoms with Gasteiger partial charge in [-0.2, -0.15) is 0 Å². The summed E-state index contributed by atoms with van der Waals surface area (Å²) < 4.78 is 0. The molecule has 1 unspecified atom stereocenters. The molecule has 0 saturated heterocycles. The first-order chi connectivity index (χ1) is 10.1. The molecule has 1 atom stereocenters. The maximum atomic E-state index is 6.16. The Bertz CT molecular complexity index is 402. The van der Waals surface area contributed by atoms with Gasteiger partial charge in [0.1, 0.15) is 0 Å². The van der Waals surface area contributed by atoms with E-state index in [1.54, 1.807) is 0 Å². The van der Waals surface area contributed by atoms with Crippen molar-refractivity contribution in [1.82, 2.24) is 0 Å². The summed E-state index contributed by atoms with van der Waals surface area (Å²) in [4.78, 5) is 2.49. The third-order valence-electron chi connectivity index (χ3n) is 4.54. The molecule has 0 spiro atoms. The molecule has 0 aliphatic rings. The van der Waals surface area contributed by atoms with E-state index in [9.17, 15) is 0 Å². The summed E-state index contributed by atoms with van der Waals surface area (Å²) in [5, 5.41) is 0. The van der Waals surface area contributed by atoms with Gasteiger partial charge in [-0.05, 0) is 44.9 Å². The van der Waals surface area contributed by atoms with Gasteiger partial charge in [0.25, 0.3) is 0 Å². The minimum Gasteiger partial charge on any atom is -0.365 e. The molecule has 1 rings (SSSR count). The maximum absolute atomic E-state index is 6.16. The zero-order valence-corrected chi connectivity index (χ0v) is 14.5. The molecular weight excluding hydrogens is 256 g/mol. The van der Waals surface area contributed by atoms with Crippen molar-refractivity contribution in [2.24, 2.45) is 5.73 Å². The highest BCUT2D eigenvalue weighted by Crippen LogP contribution is 2.28. The second-order valence-electron chi connectivity index (χ2n) is 6.45. The largest absolute Gasteiger partial charge is 0.365 e. The van der Waals surface area contributed by atoms with Gasteiger partial charge in [-0.3, -0.25) is 0 Å². The van der Waals surface area contributed by atoms with E-state index in [4.69, 9.17) is 5.73 Å². The molecule has 0 fully saturated rings. The number of nitrogens with two attached hydrogens (primary N) is 1. The quantitative estimate of drug-likeness (QED) is 0.621. The lowest BCUT2D eigenvalue weighted by atomic mass is 9.91. The minimum absolute atomic E-state index is 0.0642. The number of hydrogen-bond donors (Lipinski definition) is 1. The molecule has 0 aliphatic carbocycles. The number of benzene rings is 1. The topological polar surface area (TPSA) is 29.3 Å². The van der Waals surface area contributed by atoms with Gasteiger partial charge < -0.3 is 10.6 Å². The zero-order chi connectivity index (χ0) is 15.7. The highest BCUT2D eigenvalue weighted by atomic mass is 15.2. The second kappa shape index (κ2) is 9.09. The number of unbranched alkanes of at least 4 members (excludes halogenated alkanes) is 4. The van der Waals surface area contributed by atoms with Crippen LogP contribution in [0.4, 0.5) is 5.69 Å². The van der Waals surface area contributed by atoms with Gasteiger partial charge in [-0.25, -0.2) is 0 Å². The molecule has 0 aliphatic heterocycles. The van der Waals surface area contributed by atoms with E-state index in [2.05, 4.69) is 56.9 Å². The SMILES string of the molecule is CCCCCCCC(C)(CN)N(CC)c1cccc(C)c1. The maximum Gasteiger partial charge on any atom is 0.0496 e. The summed E-state index contributed by atoms with van der Waals surface area (Å²) in [5.41, 5.74) is 8.84. The number of rotatable bonds is 10. The van der Waals surface area contributed by atoms with Crippen LogP contribution in [-0.4, -0.2) is 18.6 Å². The van der Waals surface area contributed by atoms with E-state index >= 15 is 0 Å². The van der Waals surface area contributed by atoms with Crippen LogP contribution in [0.25, 0.3) is 0 Å². The summed E-state index contributed by atoms with van der Waals surface area (Å²) in [7, 11) is 0. The van der Waals surface area contributed by atoms with Crippen molar-refractivity contribution in [3.8, 4) is 0 Å². The van der Waals surface area contributed by atoms with Crippen LogP contribution in [0.3, 0.4) is 0 Å². The Labute approximate surface area is 131 Å². The number of anilines is 1. The van der Waals surface area contributed by atoms with Crippen molar-refractivity contribution in [2.75, 3.05) is 18.0 Å². The Morgan fingerprint density at radius 2 is 1.81 bits per heavy atom. The van der Waals surface area contributed by atoms with Crippen LogP contribution in [0.1, 0.15) is 64.9 Å². The Balaban J connectivity index is 2.73. The van der Waals surface area contributed by atoms with E-state index in [0.717, 1.165) is 6.54 Å². The van der Waals surface area contributed by atoms with Crippen molar-refractivity contribution < 1.29 is 0 Å². The average Bonchev–Trinajstić information content (AvgIpc) is 2.48. The molecule has 1 aromatic rings. The van der Waals surface area contributed by atoms with Crippen LogP contribution in [0.2, 0.25) is 0 Å². The molecule has 21 heavy (non-hydrogen) atoms. The van der Waals surface area contributed by atoms with Gasteiger partial charge in [0.2, 0.25) is 0 Å². The van der Waals surface area contributed by atoms with E-state index < -0.39 is 0 Å². The van der Waals surface area contributed by atoms with Crippen LogP contribution in [0.5, 0.6) is 0 Å². The highest BCUT2D eigenvalue weighted by molar-refractivity contribution is 5.50. The fourth-order valence-corrected chi connectivity index (χ4v) is 3.13. The predicted octanol–water partition coefficient (Wildman–Crippen LogP) is 4.90. The average molecular weight is 290 g/mol. The lowest BCUT2D eigenvalue weighted by molar-refractivity contribution is 0.384. The van der Waals surface area contributed by atoms with Crippen molar-refractivity contribution in [1.29, 1.82) is 0 Å². The smallest absolute Gasteiger partial charge is 0.0496 e. The van der Waals surface area contributed by atoms with Crippen LogP contribution in [-0.2, 0) is 0 Å². The van der Waals surface area contributed by atoms with Crippen LogP contribution < -0.4 is 10.6 Å². The lowest BCUT2D eigenvalue weighted by Crippen LogP contribution is -2.52. The molecule has 2 nitrogen and oxygen atoms in total. The fraction of sp³-hybridized carbons (Fsp3) is 0.684. The van der Waals surface area contributed by atoms with Crippen LogP contribution in [0, 0.1) is 6.92 Å². The first-order valence-corrected chi connectivity index (χ1v) is 8.61. The first-order valence-electron chi connectivity index (χ1n) is 8.61. The number of likely N-dealkylation sites (N-methyl/N-ethyl adjacent to an activating group) is 1. The monoisotopic (exact) mass is 290 g/mol. The van der Waals surface area contributed by atoms with Crippen molar-refractivity contribution in [2.45, 2.75) is 71.8 Å². The van der Waals surface area contributed by atoms with E-state index in [1.807, 2.05) is 0 Å². The molecule has 0 saturated carbocycles. The number of nitrogens with zero attached hydrogens (tertiary/aromatic N) is 1. The summed E-state index contributed by atoms with van der Waals surface area (Å²) >= 11 is 0. The van der Waals surface area contributed by atoms with Crippen molar-refractivity contribution in [3.63, 3.8) is 0 Å². The Morgan fingerprint density at radius 3 is 2.38 bits per heavy atom. The zero-order valence-electron chi connectivity index (χ0n) is 14.5. The van der Waals surface area contributed by atoms with Crippen LogP contribution in [0.15, 0.2) is 24.3 Å². The number of hydrogen-bond acceptors (Lipinski definition) is 2. The van der Waals surface area contributed by atoms with Gasteiger partial charge in [-0.1, -0.05) is 51.2 Å². The van der Waals surface area contributed by atoms with Gasteiger partial charge in [0.05, 0.1) is 0 Å². The summed E-state index contributed by atoms with van der Waals surface area (Å²) in [6.45, 7) is 10.7. The predicted molar refractivity (Wildman–Crippen MR) is 95.0 cm³/mol. The second-order valence-corrected chi connectivity index (χ2v) is 6.45. The standard InChI is InChI=1S/C19H34N2/c1-5-7-8-9-10-14-19(4,16-20)21(6-2)18-13-11-12-17(3)15-18/h11-13,15H,5-10,14,16,20H2,1-4H3. The third kappa shape index (κ3) is 5.35. The highest BCUT2D eigenvalue weighted by Gasteiger charge is 2.29. The summed E-state index contributed by atoms with van der Waals surface area (Å²) in [5.74, 6) is 0. The van der Waals surface area contributed by atoms with E-state index in [-0.39, 0.29) is 5.54 Å². The van der Waals surface area contributed by atoms with Crippen LogP contribution >= 0.6 is 0 Å². The molecule has 0 heterocycles. The molecule has 0 bridgehead atoms. The van der Waals surface area contributed by atoms with Crippen molar-refractivity contribution in [3.05, 3.63) is 29.8 Å². The summed E-state index contributed by atoms with van der Waals surface area (Å²) in [6.07, 6.45) is 7.79. The molecule has 1 aromatic carbocycles. The molecule has 2 N–H and O–H groups in total. The Hall–Kier alpha value is -1.02.